The predicted octanol–water partition coefficient (Wildman–Crippen LogP) is 3.66. The molecule has 0 amide bonds. The zero-order valence-electron chi connectivity index (χ0n) is 8.68. The number of nitro groups is 1. The Hall–Kier alpha value is -0.950. The van der Waals surface area contributed by atoms with E-state index in [9.17, 15) is 10.1 Å². The van der Waals surface area contributed by atoms with E-state index in [0.29, 0.717) is 6.54 Å². The highest BCUT2D eigenvalue weighted by molar-refractivity contribution is 7.16. The van der Waals surface area contributed by atoms with Crippen molar-refractivity contribution in [1.82, 2.24) is 5.32 Å². The Kier molecular flexibility index (Phi) is 4.11. The van der Waals surface area contributed by atoms with Gasteiger partial charge in [0, 0.05) is 28.9 Å². The van der Waals surface area contributed by atoms with E-state index in [2.05, 4.69) is 5.32 Å². The Morgan fingerprint density at radius 2 is 1.82 bits per heavy atom. The molecule has 0 aromatic carbocycles. The summed E-state index contributed by atoms with van der Waals surface area (Å²) >= 11 is 8.54. The molecule has 2 rings (SSSR count). The van der Waals surface area contributed by atoms with E-state index < -0.39 is 0 Å². The zero-order valence-corrected chi connectivity index (χ0v) is 11.1. The molecule has 0 fully saturated rings. The monoisotopic (exact) mass is 288 g/mol. The van der Waals surface area contributed by atoms with Crippen molar-refractivity contribution in [3.8, 4) is 0 Å². The Labute approximate surface area is 111 Å². The molecular weight excluding hydrogens is 280 g/mol. The number of hydrogen-bond donors (Lipinski definition) is 1. The molecule has 2 aromatic heterocycles. The first kappa shape index (κ1) is 12.5. The number of nitrogens with zero attached hydrogens (tertiary/aromatic N) is 1. The molecule has 0 saturated carbocycles. The van der Waals surface area contributed by atoms with Crippen LogP contribution in [0, 0.1) is 10.1 Å². The first-order valence-electron chi connectivity index (χ1n) is 4.83. The van der Waals surface area contributed by atoms with E-state index in [4.69, 9.17) is 11.6 Å². The second-order valence-corrected chi connectivity index (χ2v) is 6.25. The predicted molar refractivity (Wildman–Crippen MR) is 70.8 cm³/mol. The van der Waals surface area contributed by atoms with Crippen molar-refractivity contribution in [2.24, 2.45) is 0 Å². The van der Waals surface area contributed by atoms with Gasteiger partial charge in [0.15, 0.2) is 0 Å². The van der Waals surface area contributed by atoms with Crippen molar-refractivity contribution in [3.63, 3.8) is 0 Å². The van der Waals surface area contributed by atoms with Crippen molar-refractivity contribution in [3.05, 3.63) is 48.5 Å². The highest BCUT2D eigenvalue weighted by Gasteiger charge is 2.09. The van der Waals surface area contributed by atoms with Crippen molar-refractivity contribution >= 4 is 39.3 Å². The third kappa shape index (κ3) is 3.50. The maximum Gasteiger partial charge on any atom is 0.324 e. The van der Waals surface area contributed by atoms with Crippen molar-refractivity contribution in [2.75, 3.05) is 0 Å². The van der Waals surface area contributed by atoms with Gasteiger partial charge in [0.1, 0.15) is 0 Å². The van der Waals surface area contributed by atoms with Gasteiger partial charge in [-0.15, -0.1) is 11.3 Å². The van der Waals surface area contributed by atoms with Gasteiger partial charge in [0.05, 0.1) is 9.26 Å². The fourth-order valence-corrected chi connectivity index (χ4v) is 3.16. The summed E-state index contributed by atoms with van der Waals surface area (Å²) in [5.41, 5.74) is 0. The minimum Gasteiger partial charge on any atom is -0.307 e. The molecule has 90 valence electrons. The molecule has 0 atom stereocenters. The molecule has 0 aliphatic carbocycles. The van der Waals surface area contributed by atoms with Gasteiger partial charge >= 0.3 is 5.00 Å². The van der Waals surface area contributed by atoms with Crippen LogP contribution < -0.4 is 5.32 Å². The van der Waals surface area contributed by atoms with Gasteiger partial charge in [-0.2, -0.15) is 0 Å². The average molecular weight is 289 g/mol. The van der Waals surface area contributed by atoms with Gasteiger partial charge in [-0.05, 0) is 18.2 Å². The van der Waals surface area contributed by atoms with E-state index in [1.54, 1.807) is 6.07 Å². The summed E-state index contributed by atoms with van der Waals surface area (Å²) in [5, 5.41) is 13.9. The van der Waals surface area contributed by atoms with E-state index in [1.807, 2.05) is 12.1 Å². The highest BCUT2D eigenvalue weighted by atomic mass is 35.5. The largest absolute Gasteiger partial charge is 0.324 e. The van der Waals surface area contributed by atoms with Crippen LogP contribution in [-0.2, 0) is 13.1 Å². The topological polar surface area (TPSA) is 55.2 Å². The molecule has 2 aromatic rings. The van der Waals surface area contributed by atoms with Gasteiger partial charge in [-0.25, -0.2) is 0 Å². The van der Waals surface area contributed by atoms with E-state index in [0.717, 1.165) is 20.6 Å². The summed E-state index contributed by atoms with van der Waals surface area (Å²) in [4.78, 5) is 12.2. The van der Waals surface area contributed by atoms with Gasteiger partial charge in [0.25, 0.3) is 0 Å². The van der Waals surface area contributed by atoms with Crippen LogP contribution in [0.2, 0.25) is 4.34 Å². The maximum atomic E-state index is 10.5. The fraction of sp³-hybridized carbons (Fsp3) is 0.200. The van der Waals surface area contributed by atoms with Crippen LogP contribution >= 0.6 is 34.3 Å². The van der Waals surface area contributed by atoms with Gasteiger partial charge in [0.2, 0.25) is 0 Å². The average Bonchev–Trinajstić information content (AvgIpc) is 2.88. The lowest BCUT2D eigenvalue weighted by Gasteiger charge is -1.99. The quantitative estimate of drug-likeness (QED) is 0.675. The molecule has 0 spiro atoms. The van der Waals surface area contributed by atoms with Gasteiger partial charge < -0.3 is 5.32 Å². The lowest BCUT2D eigenvalue weighted by atomic mass is 10.4. The lowest BCUT2D eigenvalue weighted by molar-refractivity contribution is -0.380. The Morgan fingerprint density at radius 3 is 2.35 bits per heavy atom. The normalized spacial score (nSPS) is 10.6. The van der Waals surface area contributed by atoms with Crippen LogP contribution in [-0.4, -0.2) is 4.92 Å². The molecule has 4 nitrogen and oxygen atoms in total. The minimum atomic E-state index is -0.368. The van der Waals surface area contributed by atoms with Gasteiger partial charge in [-0.3, -0.25) is 10.1 Å². The number of halogens is 1. The van der Waals surface area contributed by atoms with Crippen LogP contribution in [0.5, 0.6) is 0 Å². The molecule has 0 aliphatic heterocycles. The summed E-state index contributed by atoms with van der Waals surface area (Å²) in [6.45, 7) is 1.36. The molecular formula is C10H9ClN2O2S2. The number of thiophene rings is 2. The first-order valence-corrected chi connectivity index (χ1v) is 6.84. The van der Waals surface area contributed by atoms with Crippen molar-refractivity contribution in [2.45, 2.75) is 13.1 Å². The van der Waals surface area contributed by atoms with E-state index in [1.165, 1.54) is 28.7 Å². The number of hydrogen-bond acceptors (Lipinski definition) is 5. The molecule has 0 bridgehead atoms. The Bertz CT molecular complexity index is 524. The molecule has 2 heterocycles. The lowest BCUT2D eigenvalue weighted by Crippen LogP contribution is -2.10. The second kappa shape index (κ2) is 5.59. The van der Waals surface area contributed by atoms with E-state index >= 15 is 0 Å². The minimum absolute atomic E-state index is 0.181. The zero-order chi connectivity index (χ0) is 12.3. The molecule has 7 heteroatoms. The summed E-state index contributed by atoms with van der Waals surface area (Å²) in [7, 11) is 0. The Morgan fingerprint density at radius 1 is 1.18 bits per heavy atom. The standard InChI is InChI=1S/C10H9ClN2O2S2/c11-9-3-1-7(16-9)5-12-6-8-2-4-10(17-8)13(14)15/h1-4,12H,5-6H2. The van der Waals surface area contributed by atoms with Crippen molar-refractivity contribution in [1.29, 1.82) is 0 Å². The molecule has 0 saturated heterocycles. The number of rotatable bonds is 5. The summed E-state index contributed by atoms with van der Waals surface area (Å²) in [5.74, 6) is 0. The third-order valence-electron chi connectivity index (χ3n) is 2.05. The third-order valence-corrected chi connectivity index (χ3v) is 4.32. The highest BCUT2D eigenvalue weighted by Crippen LogP contribution is 2.24. The van der Waals surface area contributed by atoms with E-state index in [-0.39, 0.29) is 9.92 Å². The smallest absolute Gasteiger partial charge is 0.307 e. The molecule has 0 unspecified atom stereocenters. The molecule has 0 radical (unpaired) electrons. The van der Waals surface area contributed by atoms with Crippen LogP contribution in [0.3, 0.4) is 0 Å². The van der Waals surface area contributed by atoms with Gasteiger partial charge in [-0.1, -0.05) is 22.9 Å². The molecule has 0 aliphatic rings. The van der Waals surface area contributed by atoms with Crippen LogP contribution in [0.1, 0.15) is 9.75 Å². The Balaban J connectivity index is 1.83. The van der Waals surface area contributed by atoms with Crippen molar-refractivity contribution < 1.29 is 4.92 Å². The summed E-state index contributed by atoms with van der Waals surface area (Å²) in [6, 6.07) is 7.14. The second-order valence-electron chi connectivity index (χ2n) is 3.31. The summed E-state index contributed by atoms with van der Waals surface area (Å²) in [6.07, 6.45) is 0. The SMILES string of the molecule is O=[N+]([O-])c1ccc(CNCc2ccc(Cl)s2)s1. The van der Waals surface area contributed by atoms with Crippen LogP contribution in [0.4, 0.5) is 5.00 Å². The first-order chi connectivity index (χ1) is 8.15. The summed E-state index contributed by atoms with van der Waals surface area (Å²) < 4.78 is 0.772. The fourth-order valence-electron chi connectivity index (χ4n) is 1.32. The maximum absolute atomic E-state index is 10.5. The molecule has 1 N–H and O–H groups in total. The molecule has 17 heavy (non-hydrogen) atoms. The van der Waals surface area contributed by atoms with Crippen LogP contribution in [0.15, 0.2) is 24.3 Å². The van der Waals surface area contributed by atoms with Crippen LogP contribution in [0.25, 0.3) is 0 Å². The number of nitrogens with one attached hydrogen (secondary N) is 1.